The third-order valence-electron chi connectivity index (χ3n) is 2.92. The monoisotopic (exact) mass is 283 g/mol. The van der Waals surface area contributed by atoms with Crippen LogP contribution in [0.5, 0.6) is 0 Å². The number of hydrogen-bond donors (Lipinski definition) is 2. The summed E-state index contributed by atoms with van der Waals surface area (Å²) in [6.07, 6.45) is 0. The predicted octanol–water partition coefficient (Wildman–Crippen LogP) is 2.73. The maximum Gasteiger partial charge on any atom is 0.255 e. The second-order valence-electron chi connectivity index (χ2n) is 4.42. The van der Waals surface area contributed by atoms with Gasteiger partial charge in [0.2, 0.25) is 0 Å². The standard InChI is InChI=1S/C17H14FNO2/c1-12-5-2-3-7-15(12)17(21)19-16-9-8-14(18)11-13(16)6-4-10-20/h2-3,5,7-9,11,20H,10H2,1H3,(H,19,21). The van der Waals surface area contributed by atoms with Gasteiger partial charge in [0, 0.05) is 5.56 Å². The molecular weight excluding hydrogens is 269 g/mol. The summed E-state index contributed by atoms with van der Waals surface area (Å²) in [6.45, 7) is 1.51. The predicted molar refractivity (Wildman–Crippen MR) is 79.5 cm³/mol. The van der Waals surface area contributed by atoms with Crippen LogP contribution in [-0.2, 0) is 0 Å². The van der Waals surface area contributed by atoms with E-state index in [-0.39, 0.29) is 12.5 Å². The van der Waals surface area contributed by atoms with Gasteiger partial charge in [0.1, 0.15) is 12.4 Å². The van der Waals surface area contributed by atoms with E-state index >= 15 is 0 Å². The van der Waals surface area contributed by atoms with Gasteiger partial charge in [-0.3, -0.25) is 4.79 Å². The average Bonchev–Trinajstić information content (AvgIpc) is 2.47. The van der Waals surface area contributed by atoms with Crippen molar-refractivity contribution < 1.29 is 14.3 Å². The topological polar surface area (TPSA) is 49.3 Å². The number of hydrogen-bond acceptors (Lipinski definition) is 2. The second-order valence-corrected chi connectivity index (χ2v) is 4.42. The molecular formula is C17H14FNO2. The molecule has 0 heterocycles. The van der Waals surface area contributed by atoms with E-state index in [1.54, 1.807) is 12.1 Å². The van der Waals surface area contributed by atoms with Crippen LogP contribution in [0.25, 0.3) is 0 Å². The fourth-order valence-corrected chi connectivity index (χ4v) is 1.88. The highest BCUT2D eigenvalue weighted by molar-refractivity contribution is 6.05. The molecule has 21 heavy (non-hydrogen) atoms. The van der Waals surface area contributed by atoms with Gasteiger partial charge >= 0.3 is 0 Å². The number of benzene rings is 2. The zero-order chi connectivity index (χ0) is 15.2. The zero-order valence-corrected chi connectivity index (χ0v) is 11.5. The van der Waals surface area contributed by atoms with Gasteiger partial charge in [-0.25, -0.2) is 4.39 Å². The van der Waals surface area contributed by atoms with Gasteiger partial charge in [0.15, 0.2) is 0 Å². The molecule has 0 bridgehead atoms. The first-order valence-electron chi connectivity index (χ1n) is 6.38. The van der Waals surface area contributed by atoms with Gasteiger partial charge in [0.25, 0.3) is 5.91 Å². The molecule has 0 aromatic heterocycles. The molecule has 0 aliphatic heterocycles. The largest absolute Gasteiger partial charge is 0.384 e. The summed E-state index contributed by atoms with van der Waals surface area (Å²) in [4.78, 5) is 12.2. The van der Waals surface area contributed by atoms with E-state index in [0.717, 1.165) is 5.56 Å². The molecule has 0 radical (unpaired) electrons. The lowest BCUT2D eigenvalue weighted by Gasteiger charge is -2.09. The number of carbonyl (C=O) groups excluding carboxylic acids is 1. The van der Waals surface area contributed by atoms with Crippen molar-refractivity contribution in [3.63, 3.8) is 0 Å². The number of carbonyl (C=O) groups is 1. The average molecular weight is 283 g/mol. The zero-order valence-electron chi connectivity index (χ0n) is 11.5. The Hall–Kier alpha value is -2.64. The van der Waals surface area contributed by atoms with Gasteiger partial charge < -0.3 is 10.4 Å². The molecule has 0 aliphatic rings. The SMILES string of the molecule is Cc1ccccc1C(=O)Nc1ccc(F)cc1C#CCO. The molecule has 2 rings (SSSR count). The lowest BCUT2D eigenvalue weighted by molar-refractivity contribution is 0.102. The highest BCUT2D eigenvalue weighted by Gasteiger charge is 2.11. The van der Waals surface area contributed by atoms with Gasteiger partial charge in [0.05, 0.1) is 11.3 Å². The summed E-state index contributed by atoms with van der Waals surface area (Å²) in [5, 5.41) is 11.4. The lowest BCUT2D eigenvalue weighted by Crippen LogP contribution is -2.14. The lowest BCUT2D eigenvalue weighted by atomic mass is 10.1. The van der Waals surface area contributed by atoms with E-state index in [4.69, 9.17) is 5.11 Å². The van der Waals surface area contributed by atoms with E-state index in [2.05, 4.69) is 17.2 Å². The Morgan fingerprint density at radius 1 is 1.29 bits per heavy atom. The third-order valence-corrected chi connectivity index (χ3v) is 2.92. The van der Waals surface area contributed by atoms with Crippen LogP contribution in [-0.4, -0.2) is 17.6 Å². The van der Waals surface area contributed by atoms with Crippen LogP contribution >= 0.6 is 0 Å². The van der Waals surface area contributed by atoms with Crippen molar-refractivity contribution in [2.75, 3.05) is 11.9 Å². The minimum atomic E-state index is -0.453. The van der Waals surface area contributed by atoms with Crippen molar-refractivity contribution in [3.05, 3.63) is 65.0 Å². The Kier molecular flexibility index (Phi) is 4.70. The minimum absolute atomic E-state index is 0.285. The number of nitrogens with one attached hydrogen (secondary N) is 1. The number of rotatable bonds is 2. The van der Waals surface area contributed by atoms with Gasteiger partial charge in [-0.2, -0.15) is 0 Å². The molecule has 0 unspecified atom stereocenters. The normalized spacial score (nSPS) is 9.67. The Labute approximate surface area is 122 Å². The highest BCUT2D eigenvalue weighted by Crippen LogP contribution is 2.18. The molecule has 2 N–H and O–H groups in total. The Morgan fingerprint density at radius 3 is 2.76 bits per heavy atom. The van der Waals surface area contributed by atoms with Gasteiger partial charge in [-0.15, -0.1) is 0 Å². The number of aliphatic hydroxyl groups is 1. The molecule has 0 saturated heterocycles. The van der Waals surface area contributed by atoms with Crippen LogP contribution in [0.15, 0.2) is 42.5 Å². The summed E-state index contributed by atoms with van der Waals surface area (Å²) in [5.74, 6) is 4.33. The molecule has 0 saturated carbocycles. The molecule has 2 aromatic rings. The summed E-state index contributed by atoms with van der Waals surface area (Å²) in [5.41, 5.74) is 2.12. The molecule has 106 valence electrons. The summed E-state index contributed by atoms with van der Waals surface area (Å²) in [6, 6.07) is 11.1. The van der Waals surface area contributed by atoms with Crippen molar-refractivity contribution in [1.82, 2.24) is 0 Å². The smallest absolute Gasteiger partial charge is 0.255 e. The Balaban J connectivity index is 2.31. The van der Waals surface area contributed by atoms with E-state index in [9.17, 15) is 9.18 Å². The molecule has 0 fully saturated rings. The van der Waals surface area contributed by atoms with Crippen LogP contribution in [0.4, 0.5) is 10.1 Å². The summed E-state index contributed by atoms with van der Waals surface area (Å²) < 4.78 is 13.3. The fraction of sp³-hybridized carbons (Fsp3) is 0.118. The minimum Gasteiger partial charge on any atom is -0.384 e. The molecule has 0 atom stereocenters. The summed E-state index contributed by atoms with van der Waals surface area (Å²) in [7, 11) is 0. The first kappa shape index (κ1) is 14.8. The number of aliphatic hydroxyl groups excluding tert-OH is 1. The third kappa shape index (κ3) is 3.68. The van der Waals surface area contributed by atoms with Crippen LogP contribution in [0, 0.1) is 24.6 Å². The highest BCUT2D eigenvalue weighted by atomic mass is 19.1. The van der Waals surface area contributed by atoms with Crippen molar-refractivity contribution in [2.45, 2.75) is 6.92 Å². The summed E-state index contributed by atoms with van der Waals surface area (Å²) >= 11 is 0. The van der Waals surface area contributed by atoms with Crippen molar-refractivity contribution in [3.8, 4) is 11.8 Å². The molecule has 1 amide bonds. The fourth-order valence-electron chi connectivity index (χ4n) is 1.88. The van der Waals surface area contributed by atoms with Crippen molar-refractivity contribution in [1.29, 1.82) is 0 Å². The first-order valence-corrected chi connectivity index (χ1v) is 6.38. The van der Waals surface area contributed by atoms with E-state index < -0.39 is 5.82 Å². The molecule has 4 heteroatoms. The van der Waals surface area contributed by atoms with Crippen LogP contribution in [0.2, 0.25) is 0 Å². The number of anilines is 1. The quantitative estimate of drug-likeness (QED) is 0.833. The van der Waals surface area contributed by atoms with Gasteiger partial charge in [-0.05, 0) is 36.8 Å². The Bertz CT molecular complexity index is 729. The maximum atomic E-state index is 13.3. The van der Waals surface area contributed by atoms with Crippen molar-refractivity contribution >= 4 is 11.6 Å². The van der Waals surface area contributed by atoms with E-state index in [0.29, 0.717) is 16.8 Å². The van der Waals surface area contributed by atoms with Crippen LogP contribution in [0.1, 0.15) is 21.5 Å². The molecule has 2 aromatic carbocycles. The van der Waals surface area contributed by atoms with E-state index in [1.807, 2.05) is 19.1 Å². The van der Waals surface area contributed by atoms with Crippen LogP contribution in [0.3, 0.4) is 0 Å². The Morgan fingerprint density at radius 2 is 2.05 bits per heavy atom. The number of amides is 1. The number of aryl methyl sites for hydroxylation is 1. The number of halogens is 1. The molecule has 0 spiro atoms. The molecule has 3 nitrogen and oxygen atoms in total. The first-order chi connectivity index (χ1) is 10.1. The second kappa shape index (κ2) is 6.69. The van der Waals surface area contributed by atoms with E-state index in [1.165, 1.54) is 18.2 Å². The maximum absolute atomic E-state index is 13.3. The molecule has 0 aliphatic carbocycles. The van der Waals surface area contributed by atoms with Crippen molar-refractivity contribution in [2.24, 2.45) is 0 Å². The van der Waals surface area contributed by atoms with Gasteiger partial charge in [-0.1, -0.05) is 30.0 Å². The van der Waals surface area contributed by atoms with Crippen LogP contribution < -0.4 is 5.32 Å².